The Morgan fingerprint density at radius 2 is 1.84 bits per heavy atom. The fourth-order valence-electron chi connectivity index (χ4n) is 5.81. The van der Waals surface area contributed by atoms with Crippen LogP contribution in [0.3, 0.4) is 0 Å². The average Bonchev–Trinajstić information content (AvgIpc) is 2.97. The van der Waals surface area contributed by atoms with E-state index < -0.39 is 0 Å². The van der Waals surface area contributed by atoms with Crippen LogP contribution in [0.15, 0.2) is 60.7 Å². The van der Waals surface area contributed by atoms with Crippen molar-refractivity contribution in [3.05, 3.63) is 71.8 Å². The molecule has 0 aliphatic carbocycles. The molecule has 3 aliphatic heterocycles. The third-order valence-corrected chi connectivity index (χ3v) is 8.01. The molecule has 5 rings (SSSR count). The molecule has 7 heteroatoms. The lowest BCUT2D eigenvalue weighted by Crippen LogP contribution is -2.47. The third-order valence-electron chi connectivity index (χ3n) is 8.01. The van der Waals surface area contributed by atoms with Gasteiger partial charge in [-0.3, -0.25) is 9.59 Å². The van der Waals surface area contributed by atoms with E-state index in [1.54, 1.807) is 0 Å². The first-order chi connectivity index (χ1) is 18.7. The van der Waals surface area contributed by atoms with Gasteiger partial charge in [0.05, 0.1) is 6.54 Å². The summed E-state index contributed by atoms with van der Waals surface area (Å²) in [4.78, 5) is 30.2. The Labute approximate surface area is 226 Å². The largest absolute Gasteiger partial charge is 0.489 e. The van der Waals surface area contributed by atoms with Crippen molar-refractivity contribution in [2.75, 3.05) is 44.2 Å². The minimum Gasteiger partial charge on any atom is -0.489 e. The number of amides is 2. The number of nitrogens with zero attached hydrogens (tertiary/aromatic N) is 2. The van der Waals surface area contributed by atoms with Crippen molar-refractivity contribution in [1.29, 1.82) is 0 Å². The summed E-state index contributed by atoms with van der Waals surface area (Å²) in [7, 11) is 0. The zero-order valence-corrected chi connectivity index (χ0v) is 22.2. The van der Waals surface area contributed by atoms with Crippen LogP contribution in [-0.4, -0.2) is 56.0 Å². The van der Waals surface area contributed by atoms with E-state index in [9.17, 15) is 9.59 Å². The molecule has 0 radical (unpaired) electrons. The molecule has 2 aromatic rings. The van der Waals surface area contributed by atoms with Crippen molar-refractivity contribution in [1.82, 2.24) is 15.5 Å². The summed E-state index contributed by atoms with van der Waals surface area (Å²) in [5.41, 5.74) is 3.41. The average molecular weight is 517 g/mol. The topological polar surface area (TPSA) is 73.9 Å². The van der Waals surface area contributed by atoms with E-state index in [-0.39, 0.29) is 23.7 Å². The van der Waals surface area contributed by atoms with Gasteiger partial charge < -0.3 is 25.2 Å². The Morgan fingerprint density at radius 3 is 2.68 bits per heavy atom. The van der Waals surface area contributed by atoms with Crippen molar-refractivity contribution >= 4 is 17.5 Å². The van der Waals surface area contributed by atoms with Crippen molar-refractivity contribution in [3.8, 4) is 5.75 Å². The predicted molar refractivity (Wildman–Crippen MR) is 150 cm³/mol. The maximum absolute atomic E-state index is 13.1. The van der Waals surface area contributed by atoms with Gasteiger partial charge in [0, 0.05) is 56.9 Å². The minimum absolute atomic E-state index is 0.0614. The van der Waals surface area contributed by atoms with Gasteiger partial charge in [0.1, 0.15) is 12.4 Å². The number of piperidine rings is 2. The summed E-state index contributed by atoms with van der Waals surface area (Å²) in [6.45, 7) is 5.41. The highest BCUT2D eigenvalue weighted by Gasteiger charge is 2.31. The van der Waals surface area contributed by atoms with E-state index in [1.807, 2.05) is 35.2 Å². The van der Waals surface area contributed by atoms with Crippen LogP contribution in [0.2, 0.25) is 0 Å². The van der Waals surface area contributed by atoms with Gasteiger partial charge in [-0.1, -0.05) is 42.5 Å². The van der Waals surface area contributed by atoms with Gasteiger partial charge in [-0.05, 0) is 61.3 Å². The number of rotatable bonds is 5. The fraction of sp³-hybridized carbons (Fsp3) is 0.484. The second-order valence-corrected chi connectivity index (χ2v) is 10.7. The molecule has 2 amide bonds. The van der Waals surface area contributed by atoms with Crippen LogP contribution >= 0.6 is 0 Å². The van der Waals surface area contributed by atoms with E-state index in [1.165, 1.54) is 24.9 Å². The summed E-state index contributed by atoms with van der Waals surface area (Å²) in [5.74, 6) is 1.36. The lowest BCUT2D eigenvalue weighted by atomic mass is 9.82. The lowest BCUT2D eigenvalue weighted by Gasteiger charge is -2.37. The molecule has 3 aliphatic rings. The summed E-state index contributed by atoms with van der Waals surface area (Å²) in [6, 6.07) is 16.4. The van der Waals surface area contributed by atoms with Crippen LogP contribution < -0.4 is 20.3 Å². The summed E-state index contributed by atoms with van der Waals surface area (Å²) < 4.78 is 6.19. The molecule has 3 heterocycles. The number of anilines is 1. The molecule has 0 spiro atoms. The summed E-state index contributed by atoms with van der Waals surface area (Å²) in [5, 5.41) is 6.43. The lowest BCUT2D eigenvalue weighted by molar-refractivity contribution is -0.132. The first-order valence-corrected chi connectivity index (χ1v) is 14.1. The van der Waals surface area contributed by atoms with Crippen LogP contribution in [0, 0.1) is 11.8 Å². The number of hydrogen-bond donors (Lipinski definition) is 2. The van der Waals surface area contributed by atoms with E-state index >= 15 is 0 Å². The molecule has 0 unspecified atom stereocenters. The van der Waals surface area contributed by atoms with Gasteiger partial charge in [0.25, 0.3) is 0 Å². The van der Waals surface area contributed by atoms with Crippen LogP contribution in [0.5, 0.6) is 5.75 Å². The molecule has 38 heavy (non-hydrogen) atoms. The van der Waals surface area contributed by atoms with Gasteiger partial charge in [-0.15, -0.1) is 0 Å². The standard InChI is InChI=1S/C31H40N4O3/c36-30(33-20-24-8-3-1-4-9-24)19-25-13-16-35-23-26(25)10-7-17-38-29-12-11-28(34-14-5-2-6-15-34)18-27(29)21-32-22-31(35)37/h1,3-4,7-12,18,25-26,32H,2,5-6,13-17,19-23H2,(H,33,36)/b10-7+/t25-,26-/m0/s1. The van der Waals surface area contributed by atoms with Crippen molar-refractivity contribution < 1.29 is 14.3 Å². The second kappa shape index (κ2) is 13.0. The van der Waals surface area contributed by atoms with E-state index in [4.69, 9.17) is 4.74 Å². The molecule has 2 aromatic carbocycles. The Balaban J connectivity index is 1.24. The van der Waals surface area contributed by atoms with Crippen molar-refractivity contribution in [2.24, 2.45) is 11.8 Å². The Kier molecular flexibility index (Phi) is 8.97. The molecule has 2 atom stereocenters. The maximum Gasteiger partial charge on any atom is 0.236 e. The molecule has 2 N–H and O–H groups in total. The number of carbonyl (C=O) groups is 2. The first-order valence-electron chi connectivity index (χ1n) is 14.1. The monoisotopic (exact) mass is 516 g/mol. The van der Waals surface area contributed by atoms with Gasteiger partial charge in [-0.2, -0.15) is 0 Å². The number of benzene rings is 2. The zero-order valence-electron chi connectivity index (χ0n) is 22.2. The van der Waals surface area contributed by atoms with Crippen molar-refractivity contribution in [2.45, 2.75) is 45.2 Å². The normalized spacial score (nSPS) is 23.2. The van der Waals surface area contributed by atoms with E-state index in [0.29, 0.717) is 45.8 Å². The summed E-state index contributed by atoms with van der Waals surface area (Å²) >= 11 is 0. The molecule has 2 fully saturated rings. The molecule has 0 saturated carbocycles. The molecule has 0 aromatic heterocycles. The van der Waals surface area contributed by atoms with Crippen LogP contribution in [0.4, 0.5) is 5.69 Å². The molecule has 2 saturated heterocycles. The third kappa shape index (κ3) is 6.95. The highest BCUT2D eigenvalue weighted by molar-refractivity contribution is 5.79. The fourth-order valence-corrected chi connectivity index (χ4v) is 5.81. The van der Waals surface area contributed by atoms with Gasteiger partial charge in [0.15, 0.2) is 0 Å². The van der Waals surface area contributed by atoms with Gasteiger partial charge >= 0.3 is 0 Å². The molecular formula is C31H40N4O3. The Morgan fingerprint density at radius 1 is 1.00 bits per heavy atom. The van der Waals surface area contributed by atoms with Crippen LogP contribution in [-0.2, 0) is 22.7 Å². The SMILES string of the molecule is O=C(C[C@@H]1CCN2C[C@@H]1/C=C/COc1ccc(N3CCCCC3)cc1CNCC2=O)NCc1ccccc1. The van der Waals surface area contributed by atoms with Crippen LogP contribution in [0.1, 0.15) is 43.2 Å². The summed E-state index contributed by atoms with van der Waals surface area (Å²) in [6.07, 6.45) is 9.26. The second-order valence-electron chi connectivity index (χ2n) is 10.7. The number of fused-ring (bicyclic) bond motifs is 3. The number of carbonyl (C=O) groups excluding carboxylic acids is 2. The number of hydrogen-bond acceptors (Lipinski definition) is 5. The van der Waals surface area contributed by atoms with Gasteiger partial charge in [0.2, 0.25) is 11.8 Å². The quantitative estimate of drug-likeness (QED) is 0.590. The Bertz CT molecular complexity index is 1110. The maximum atomic E-state index is 13.1. The first kappa shape index (κ1) is 26.3. The van der Waals surface area contributed by atoms with E-state index in [0.717, 1.165) is 36.4 Å². The predicted octanol–water partition coefficient (Wildman–Crippen LogP) is 3.89. The molecule has 2 bridgehead atoms. The molecular weight excluding hydrogens is 476 g/mol. The number of ether oxygens (including phenoxy) is 1. The van der Waals surface area contributed by atoms with Crippen LogP contribution in [0.25, 0.3) is 0 Å². The van der Waals surface area contributed by atoms with E-state index in [2.05, 4.69) is 45.9 Å². The molecule has 7 nitrogen and oxygen atoms in total. The number of nitrogens with one attached hydrogen (secondary N) is 2. The molecule has 202 valence electrons. The van der Waals surface area contributed by atoms with Gasteiger partial charge in [-0.25, -0.2) is 0 Å². The highest BCUT2D eigenvalue weighted by atomic mass is 16.5. The smallest absolute Gasteiger partial charge is 0.236 e. The highest BCUT2D eigenvalue weighted by Crippen LogP contribution is 2.30. The zero-order chi connectivity index (χ0) is 26.2. The minimum atomic E-state index is 0.0614. The Hall–Kier alpha value is -3.32. The van der Waals surface area contributed by atoms with Crippen molar-refractivity contribution in [3.63, 3.8) is 0 Å².